The highest BCUT2D eigenvalue weighted by Gasteiger charge is 2.37. The van der Waals surface area contributed by atoms with Crippen LogP contribution < -0.4 is 10.2 Å². The minimum Gasteiger partial charge on any atom is -0.393 e. The van der Waals surface area contributed by atoms with Crippen molar-refractivity contribution in [1.29, 1.82) is 0 Å². The Balaban J connectivity index is 1.10. The van der Waals surface area contributed by atoms with Crippen LogP contribution in [0.5, 0.6) is 0 Å². The van der Waals surface area contributed by atoms with Crippen LogP contribution in [0.1, 0.15) is 60.0 Å². The molecule has 2 aliphatic heterocycles. The molecule has 0 unspecified atom stereocenters. The predicted molar refractivity (Wildman–Crippen MR) is 179 cm³/mol. The summed E-state index contributed by atoms with van der Waals surface area (Å²) in [6.45, 7) is 2.31. The lowest BCUT2D eigenvalue weighted by Crippen LogP contribution is -2.40. The third-order valence-corrected chi connectivity index (χ3v) is 10.8. The molecule has 248 valence electrons. The van der Waals surface area contributed by atoms with Crippen LogP contribution in [0, 0.1) is 11.8 Å². The molecule has 48 heavy (non-hydrogen) atoms. The molecule has 2 saturated heterocycles. The molecule has 1 aliphatic carbocycles. The Bertz CT molecular complexity index is 1980. The topological polar surface area (TPSA) is 167 Å². The molecule has 13 nitrogen and oxygen atoms in total. The molecule has 1 aromatic carbocycles. The van der Waals surface area contributed by atoms with Crippen molar-refractivity contribution in [2.75, 3.05) is 36.4 Å². The second-order valence-corrected chi connectivity index (χ2v) is 14.5. The number of nitrogens with one attached hydrogen (secondary N) is 1. The lowest BCUT2D eigenvalue weighted by Gasteiger charge is -2.32. The quantitative estimate of drug-likeness (QED) is 0.248. The van der Waals surface area contributed by atoms with E-state index in [1.165, 1.54) is 12.4 Å². The highest BCUT2D eigenvalue weighted by molar-refractivity contribution is 7.90. The van der Waals surface area contributed by atoms with Gasteiger partial charge in [-0.1, -0.05) is 11.8 Å². The number of hydrogen-bond acceptors (Lipinski definition) is 11. The number of β-amino-alcohol motifs (C(OH)–C–C–N with tert-alkyl or cyclic N) is 1. The summed E-state index contributed by atoms with van der Waals surface area (Å²) in [6.07, 6.45) is 9.39. The minimum atomic E-state index is -3.50. The highest BCUT2D eigenvalue weighted by Crippen LogP contribution is 2.31. The van der Waals surface area contributed by atoms with Gasteiger partial charge in [0.05, 0.1) is 46.7 Å². The molecule has 14 heteroatoms. The molecule has 0 radical (unpaired) electrons. The van der Waals surface area contributed by atoms with Crippen LogP contribution in [-0.2, 0) is 10.0 Å². The van der Waals surface area contributed by atoms with Gasteiger partial charge in [0.2, 0.25) is 0 Å². The van der Waals surface area contributed by atoms with Crippen molar-refractivity contribution in [3.05, 3.63) is 77.9 Å². The molecule has 3 fully saturated rings. The molecular formula is C34H36N8O5S. The van der Waals surface area contributed by atoms with E-state index in [4.69, 9.17) is 0 Å². The first kappa shape index (κ1) is 31.7. The molecule has 1 atom stereocenters. The number of carbonyl (C=O) groups excluding carboxylic acids is 1. The fourth-order valence-electron chi connectivity index (χ4n) is 5.91. The zero-order chi connectivity index (χ0) is 33.3. The third-order valence-electron chi connectivity index (χ3n) is 8.78. The number of hydrogen-bond donors (Lipinski definition) is 3. The third kappa shape index (κ3) is 7.03. The van der Waals surface area contributed by atoms with Crippen molar-refractivity contribution >= 4 is 33.3 Å². The van der Waals surface area contributed by atoms with Crippen LogP contribution in [0.25, 0.3) is 11.4 Å². The molecule has 3 aromatic heterocycles. The molecule has 5 heterocycles. The van der Waals surface area contributed by atoms with Gasteiger partial charge in [-0.3, -0.25) is 4.79 Å². The number of amides is 1. The van der Waals surface area contributed by atoms with Crippen molar-refractivity contribution in [3.63, 3.8) is 0 Å². The van der Waals surface area contributed by atoms with Gasteiger partial charge in [-0.05, 0) is 68.9 Å². The molecule has 1 amide bonds. The lowest BCUT2D eigenvalue weighted by atomic mass is 10.1. The summed E-state index contributed by atoms with van der Waals surface area (Å²) in [6, 6.07) is 10.8. The number of carbonyl (C=O) groups is 1. The molecular weight excluding hydrogens is 632 g/mol. The van der Waals surface area contributed by atoms with E-state index in [0.29, 0.717) is 79.5 Å². The maximum Gasteiger partial charge on any atom is 0.256 e. The number of rotatable bonds is 7. The number of pyridine rings is 1. The second-order valence-electron chi connectivity index (χ2n) is 12.4. The van der Waals surface area contributed by atoms with Crippen molar-refractivity contribution in [3.8, 4) is 23.2 Å². The van der Waals surface area contributed by atoms with E-state index in [-0.39, 0.29) is 17.3 Å². The van der Waals surface area contributed by atoms with Crippen LogP contribution in [-0.4, -0.2) is 97.2 Å². The number of piperidine rings is 2. The van der Waals surface area contributed by atoms with Gasteiger partial charge in [0, 0.05) is 55.8 Å². The summed E-state index contributed by atoms with van der Waals surface area (Å²) in [5.74, 6) is 7.68. The van der Waals surface area contributed by atoms with Crippen LogP contribution in [0.15, 0.2) is 61.2 Å². The lowest BCUT2D eigenvalue weighted by molar-refractivity contribution is 0.0546. The summed E-state index contributed by atoms with van der Waals surface area (Å²) >= 11 is 0. The van der Waals surface area contributed by atoms with Crippen molar-refractivity contribution in [2.45, 2.75) is 56.0 Å². The number of aromatic nitrogens is 5. The largest absolute Gasteiger partial charge is 0.393 e. The first-order chi connectivity index (χ1) is 23.2. The summed E-state index contributed by atoms with van der Waals surface area (Å²) < 4.78 is 26.2. The number of likely N-dealkylation sites (tertiary alicyclic amines) is 1. The van der Waals surface area contributed by atoms with E-state index in [0.717, 1.165) is 34.7 Å². The van der Waals surface area contributed by atoms with Crippen LogP contribution in [0.2, 0.25) is 0 Å². The van der Waals surface area contributed by atoms with E-state index >= 15 is 0 Å². The van der Waals surface area contributed by atoms with Crippen molar-refractivity contribution < 1.29 is 23.4 Å². The number of nitrogens with zero attached hydrogens (tertiary/aromatic N) is 7. The van der Waals surface area contributed by atoms with E-state index in [9.17, 15) is 23.4 Å². The Morgan fingerprint density at radius 1 is 0.896 bits per heavy atom. The van der Waals surface area contributed by atoms with Gasteiger partial charge in [0.15, 0.2) is 5.82 Å². The minimum absolute atomic E-state index is 0.0490. The average molecular weight is 669 g/mol. The fraction of sp³-hybridized carbons (Fsp3) is 0.382. The summed E-state index contributed by atoms with van der Waals surface area (Å²) in [5.41, 5.74) is 3.32. The van der Waals surface area contributed by atoms with Crippen LogP contribution >= 0.6 is 0 Å². The van der Waals surface area contributed by atoms with Gasteiger partial charge >= 0.3 is 0 Å². The number of anilines is 3. The molecule has 0 bridgehead atoms. The molecule has 7 rings (SSSR count). The first-order valence-electron chi connectivity index (χ1n) is 16.1. The Morgan fingerprint density at radius 2 is 1.69 bits per heavy atom. The number of benzene rings is 1. The SMILES string of the molecule is O=C(c1ccc(C#Cc2cnc(Nc3ccnc(-c4cnn(S(=O)(=O)C5CC5)c4)n3)cc2N2CCC[C@@H](O)C2)cc1)N1CCC(O)CC1. The van der Waals surface area contributed by atoms with Crippen molar-refractivity contribution in [2.24, 2.45) is 0 Å². The standard InChI is InChI=1S/C34H36N8O5S/c43-27-12-16-40(17-13-27)34(45)24-6-3-23(4-7-24)5-8-25-19-36-32(18-30(25)41-15-1-2-28(44)22-41)38-31-11-14-35-33(39-31)26-20-37-42(21-26)48(46,47)29-9-10-29/h3-4,6-7,11,14,18-21,27-29,43-44H,1-2,9-10,12-13,15-17,22H2,(H,35,36,38,39)/t28-/m1/s1. The Hall–Kier alpha value is -4.84. The van der Waals surface area contributed by atoms with Gasteiger partial charge in [-0.25, -0.2) is 23.4 Å². The molecule has 1 saturated carbocycles. The monoisotopic (exact) mass is 668 g/mol. The van der Waals surface area contributed by atoms with Gasteiger partial charge in [-0.15, -0.1) is 0 Å². The smallest absolute Gasteiger partial charge is 0.256 e. The van der Waals surface area contributed by atoms with Crippen molar-refractivity contribution in [1.82, 2.24) is 29.0 Å². The first-order valence-corrected chi connectivity index (χ1v) is 17.7. The average Bonchev–Trinajstić information content (AvgIpc) is 3.85. The summed E-state index contributed by atoms with van der Waals surface area (Å²) in [7, 11) is -3.50. The van der Waals surface area contributed by atoms with Gasteiger partial charge < -0.3 is 25.3 Å². The number of aliphatic hydroxyl groups is 2. The normalized spacial score (nSPS) is 18.7. The van der Waals surface area contributed by atoms with Crippen LogP contribution in [0.3, 0.4) is 0 Å². The van der Waals surface area contributed by atoms with Gasteiger partial charge in [0.25, 0.3) is 15.9 Å². The maximum absolute atomic E-state index is 12.9. The van der Waals surface area contributed by atoms with E-state index in [1.54, 1.807) is 35.5 Å². The number of aliphatic hydroxyl groups excluding tert-OH is 2. The fourth-order valence-corrected chi connectivity index (χ4v) is 7.38. The Morgan fingerprint density at radius 3 is 2.44 bits per heavy atom. The maximum atomic E-state index is 12.9. The summed E-state index contributed by atoms with van der Waals surface area (Å²) in [4.78, 5) is 30.2. The second kappa shape index (κ2) is 13.3. The van der Waals surface area contributed by atoms with Crippen LogP contribution in [0.4, 0.5) is 17.3 Å². The van der Waals surface area contributed by atoms with Gasteiger partial charge in [0.1, 0.15) is 11.6 Å². The zero-order valence-corrected chi connectivity index (χ0v) is 27.1. The van der Waals surface area contributed by atoms with Gasteiger partial charge in [-0.2, -0.15) is 9.19 Å². The van der Waals surface area contributed by atoms with E-state index in [2.05, 4.69) is 42.1 Å². The Labute approximate surface area is 278 Å². The molecule has 4 aromatic rings. The van der Waals surface area contributed by atoms with E-state index < -0.39 is 16.1 Å². The molecule has 0 spiro atoms. The highest BCUT2D eigenvalue weighted by atomic mass is 32.2. The van der Waals surface area contributed by atoms with E-state index in [1.807, 2.05) is 18.2 Å². The molecule has 3 N–H and O–H groups in total. The Kier molecular flexibility index (Phi) is 8.83. The zero-order valence-electron chi connectivity index (χ0n) is 26.2. The predicted octanol–water partition coefficient (Wildman–Crippen LogP) is 2.78. The summed E-state index contributed by atoms with van der Waals surface area (Å²) in [5, 5.41) is 27.1. The molecule has 3 aliphatic rings.